The normalized spacial score (nSPS) is 11.7. The van der Waals surface area contributed by atoms with Crippen molar-refractivity contribution in [2.45, 2.75) is 45.6 Å². The van der Waals surface area contributed by atoms with Crippen molar-refractivity contribution in [2.75, 3.05) is 13.7 Å². The number of hydrogen-bond donors (Lipinski definition) is 2. The number of rotatable bonds is 6. The van der Waals surface area contributed by atoms with Crippen LogP contribution in [0.4, 0.5) is 4.79 Å². The van der Waals surface area contributed by atoms with Crippen LogP contribution in [0.25, 0.3) is 11.1 Å². The average Bonchev–Trinajstić information content (AvgIpc) is 3.10. The van der Waals surface area contributed by atoms with Crippen molar-refractivity contribution in [3.63, 3.8) is 0 Å². The Morgan fingerprint density at radius 1 is 1.13 bits per heavy atom. The third kappa shape index (κ3) is 7.63. The van der Waals surface area contributed by atoms with Crippen molar-refractivity contribution in [1.82, 2.24) is 5.32 Å². The molecule has 1 atom stereocenters. The number of carbonyl (C=O) groups is 2. The molecule has 0 saturated heterocycles. The van der Waals surface area contributed by atoms with Gasteiger partial charge in [0, 0.05) is 12.5 Å². The van der Waals surface area contributed by atoms with Gasteiger partial charge >= 0.3 is 6.09 Å². The molecule has 0 unspecified atom stereocenters. The number of fused-ring (bicyclic) bond motifs is 3. The molecule has 6 nitrogen and oxygen atoms in total. The second-order valence-electron chi connectivity index (χ2n) is 6.60. The van der Waals surface area contributed by atoms with Gasteiger partial charge in [-0.3, -0.25) is 4.79 Å². The molecule has 0 spiro atoms. The number of thiocarbonyl (C=S) groups is 1. The fourth-order valence-electron chi connectivity index (χ4n) is 3.31. The second-order valence-corrected chi connectivity index (χ2v) is 6.78. The predicted molar refractivity (Wildman–Crippen MR) is 128 cm³/mol. The Balaban J connectivity index is 0.000000287. The van der Waals surface area contributed by atoms with Gasteiger partial charge in [-0.25, -0.2) is 9.79 Å². The summed E-state index contributed by atoms with van der Waals surface area (Å²) in [7, 11) is 1.21. The van der Waals surface area contributed by atoms with Crippen LogP contribution in [0.2, 0.25) is 0 Å². The summed E-state index contributed by atoms with van der Waals surface area (Å²) >= 11 is 4.37. The number of alkyl carbamates (subject to hydrolysis) is 1. The highest BCUT2D eigenvalue weighted by Crippen LogP contribution is 2.43. The summed E-state index contributed by atoms with van der Waals surface area (Å²) in [6.45, 7) is 6.74. The van der Waals surface area contributed by atoms with Crippen molar-refractivity contribution in [3.8, 4) is 11.1 Å². The van der Waals surface area contributed by atoms with E-state index in [-0.39, 0.29) is 0 Å². The van der Waals surface area contributed by atoms with Gasteiger partial charge in [0.15, 0.2) is 0 Å². The van der Waals surface area contributed by atoms with Crippen LogP contribution in [-0.2, 0) is 9.53 Å². The van der Waals surface area contributed by atoms with Gasteiger partial charge in [-0.1, -0.05) is 69.3 Å². The molecule has 1 aliphatic carbocycles. The van der Waals surface area contributed by atoms with E-state index in [0.717, 1.165) is 0 Å². The summed E-state index contributed by atoms with van der Waals surface area (Å²) in [5, 5.41) is 4.52. The Hall–Kier alpha value is -3.02. The maximum atomic E-state index is 10.9. The lowest BCUT2D eigenvalue weighted by Crippen LogP contribution is -2.44. The standard InChI is InChI=1S/C14H12.C8H13N3O3S.C2H6/c1-10-11-6-2-4-8-13(11)14-9-5-3-7-12(10)14;1-14-8(13)11-6(7(9)12)3-2-4-10-5-15;1-2/h2-10H,1H3;6H,2-4H2,1H3,(H2,9,12)(H,11,13);1-2H3/t;6-;/m.0./s1. The summed E-state index contributed by atoms with van der Waals surface area (Å²) in [4.78, 5) is 25.4. The summed E-state index contributed by atoms with van der Waals surface area (Å²) in [6, 6.07) is 16.7. The molecule has 0 radical (unpaired) electrons. The highest BCUT2D eigenvalue weighted by atomic mass is 32.1. The molecule has 0 saturated carbocycles. The number of isothiocyanates is 1. The quantitative estimate of drug-likeness (QED) is 0.378. The lowest BCUT2D eigenvalue weighted by Gasteiger charge is -2.13. The number of benzene rings is 2. The molecule has 0 aliphatic heterocycles. The molecule has 3 rings (SSSR count). The zero-order valence-corrected chi connectivity index (χ0v) is 19.4. The molecule has 0 bridgehead atoms. The molecule has 2 aromatic carbocycles. The molecule has 166 valence electrons. The number of carbonyl (C=O) groups excluding carboxylic acids is 2. The molecule has 0 aromatic heterocycles. The Kier molecular flexibility index (Phi) is 11.8. The zero-order chi connectivity index (χ0) is 23.2. The molecule has 31 heavy (non-hydrogen) atoms. The van der Waals surface area contributed by atoms with E-state index in [1.807, 2.05) is 13.8 Å². The molecule has 0 fully saturated rings. The van der Waals surface area contributed by atoms with Crippen LogP contribution in [0.1, 0.15) is 50.7 Å². The number of aliphatic imine (C=N–C) groups is 1. The van der Waals surface area contributed by atoms with Crippen molar-refractivity contribution in [1.29, 1.82) is 0 Å². The number of nitrogens with two attached hydrogens (primary N) is 1. The van der Waals surface area contributed by atoms with Gasteiger partial charge in [0.05, 0.1) is 12.3 Å². The molecule has 2 amide bonds. The average molecular weight is 442 g/mol. The van der Waals surface area contributed by atoms with Crippen molar-refractivity contribution >= 4 is 29.4 Å². The van der Waals surface area contributed by atoms with Gasteiger partial charge in [-0.2, -0.15) is 0 Å². The van der Waals surface area contributed by atoms with Gasteiger partial charge in [0.2, 0.25) is 5.91 Å². The largest absolute Gasteiger partial charge is 0.453 e. The maximum absolute atomic E-state index is 10.9. The number of hydrogen-bond acceptors (Lipinski definition) is 5. The minimum atomic E-state index is -0.738. The number of nitrogens with one attached hydrogen (secondary N) is 1. The molecule has 2 aromatic rings. The van der Waals surface area contributed by atoms with Gasteiger partial charge in [-0.15, -0.1) is 0 Å². The number of primary amides is 1. The Bertz CT molecular complexity index is 865. The fraction of sp³-hybridized carbons (Fsp3) is 0.375. The third-order valence-corrected chi connectivity index (χ3v) is 4.92. The monoisotopic (exact) mass is 441 g/mol. The van der Waals surface area contributed by atoms with Crippen LogP contribution >= 0.6 is 12.2 Å². The highest BCUT2D eigenvalue weighted by Gasteiger charge is 2.23. The first-order valence-corrected chi connectivity index (χ1v) is 10.8. The van der Waals surface area contributed by atoms with Crippen LogP contribution in [0.3, 0.4) is 0 Å². The summed E-state index contributed by atoms with van der Waals surface area (Å²) in [5.41, 5.74) is 10.8. The molecule has 7 heteroatoms. The van der Waals surface area contributed by atoms with Gasteiger partial charge in [0.1, 0.15) is 6.04 Å². The molecule has 1 aliphatic rings. The van der Waals surface area contributed by atoms with E-state index in [1.54, 1.807) is 0 Å². The van der Waals surface area contributed by atoms with E-state index in [9.17, 15) is 9.59 Å². The Labute approximate surface area is 189 Å². The van der Waals surface area contributed by atoms with Crippen LogP contribution in [0.5, 0.6) is 0 Å². The molecule has 0 heterocycles. The van der Waals surface area contributed by atoms with Crippen LogP contribution < -0.4 is 11.1 Å². The fourth-order valence-corrected chi connectivity index (χ4v) is 3.41. The zero-order valence-electron chi connectivity index (χ0n) is 18.6. The van der Waals surface area contributed by atoms with Crippen LogP contribution in [-0.4, -0.2) is 36.9 Å². The first kappa shape index (κ1) is 26.0. The van der Waals surface area contributed by atoms with Crippen molar-refractivity contribution in [3.05, 3.63) is 59.7 Å². The van der Waals surface area contributed by atoms with E-state index in [0.29, 0.717) is 25.3 Å². The Morgan fingerprint density at radius 2 is 1.65 bits per heavy atom. The predicted octanol–water partition coefficient (Wildman–Crippen LogP) is 4.92. The first-order chi connectivity index (χ1) is 15.0. The molecular weight excluding hydrogens is 410 g/mol. The van der Waals surface area contributed by atoms with Gasteiger partial charge in [0.25, 0.3) is 0 Å². The van der Waals surface area contributed by atoms with Gasteiger partial charge in [-0.05, 0) is 47.3 Å². The SMILES string of the molecule is CC.CC1c2ccccc2-c2ccccc21.COC(=O)N[C@@H](CCCN=C=S)C(N)=O. The minimum Gasteiger partial charge on any atom is -0.453 e. The van der Waals surface area contributed by atoms with E-state index in [2.05, 4.69) is 87.9 Å². The second kappa shape index (κ2) is 14.1. The third-order valence-electron chi connectivity index (χ3n) is 4.79. The highest BCUT2D eigenvalue weighted by molar-refractivity contribution is 7.78. The van der Waals surface area contributed by atoms with E-state index in [1.165, 1.54) is 29.4 Å². The van der Waals surface area contributed by atoms with Crippen molar-refractivity contribution in [2.24, 2.45) is 10.7 Å². The number of methoxy groups -OCH3 is 1. The van der Waals surface area contributed by atoms with Crippen molar-refractivity contribution < 1.29 is 14.3 Å². The van der Waals surface area contributed by atoms with E-state index in [4.69, 9.17) is 5.73 Å². The lowest BCUT2D eigenvalue weighted by molar-refractivity contribution is -0.120. The van der Waals surface area contributed by atoms with Crippen LogP contribution in [0, 0.1) is 0 Å². The number of amides is 2. The lowest BCUT2D eigenvalue weighted by atomic mass is 10.00. The van der Waals surface area contributed by atoms with E-state index < -0.39 is 18.0 Å². The number of ether oxygens (including phenoxy) is 1. The van der Waals surface area contributed by atoms with Gasteiger partial charge < -0.3 is 15.8 Å². The molecular formula is C24H31N3O3S. The minimum absolute atomic E-state index is 0.394. The topological polar surface area (TPSA) is 93.8 Å². The molecule has 3 N–H and O–H groups in total. The first-order valence-electron chi connectivity index (χ1n) is 10.3. The maximum Gasteiger partial charge on any atom is 0.407 e. The van der Waals surface area contributed by atoms with E-state index >= 15 is 0 Å². The summed E-state index contributed by atoms with van der Waals surface area (Å²) in [6.07, 6.45) is 0.295. The van der Waals surface area contributed by atoms with Crippen LogP contribution in [0.15, 0.2) is 53.5 Å². The summed E-state index contributed by atoms with van der Waals surface area (Å²) < 4.78 is 4.35. The Morgan fingerprint density at radius 3 is 2.10 bits per heavy atom. The summed E-state index contributed by atoms with van der Waals surface area (Å²) in [5.74, 6) is -0.0471. The number of nitrogens with zero attached hydrogens (tertiary/aromatic N) is 1. The smallest absolute Gasteiger partial charge is 0.407 e.